The number of carbonyl (C=O) groups is 2. The van der Waals surface area contributed by atoms with Crippen molar-refractivity contribution in [1.82, 2.24) is 5.32 Å². The van der Waals surface area contributed by atoms with Gasteiger partial charge in [0.15, 0.2) is 0 Å². The summed E-state index contributed by atoms with van der Waals surface area (Å²) < 4.78 is 0. The molecule has 5 heteroatoms. The van der Waals surface area contributed by atoms with Crippen LogP contribution in [-0.4, -0.2) is 34.7 Å². The summed E-state index contributed by atoms with van der Waals surface area (Å²) in [6.45, 7) is 1.18. The molecule has 0 radical (unpaired) electrons. The monoisotopic (exact) mass is 185 g/mol. The summed E-state index contributed by atoms with van der Waals surface area (Å²) in [5.74, 6) is 2.65. The van der Waals surface area contributed by atoms with Crippen molar-refractivity contribution in [2.45, 2.75) is 19.4 Å². The Kier molecular flexibility index (Phi) is 5.32. The zero-order chi connectivity index (χ0) is 10.3. The molecule has 0 aliphatic rings. The lowest BCUT2D eigenvalue weighted by atomic mass is 10.2. The Hall–Kier alpha value is -1.54. The van der Waals surface area contributed by atoms with E-state index in [0.717, 1.165) is 0 Å². The molecule has 0 bridgehead atoms. The van der Waals surface area contributed by atoms with E-state index in [9.17, 15) is 9.59 Å². The summed E-state index contributed by atoms with van der Waals surface area (Å²) in [5, 5.41) is 19.2. The number of carbonyl (C=O) groups excluding carboxylic acids is 1. The number of nitrogens with one attached hydrogen (secondary N) is 1. The second-order valence-corrected chi connectivity index (χ2v) is 2.25. The molecule has 0 heterocycles. The van der Waals surface area contributed by atoms with Crippen LogP contribution in [0.4, 0.5) is 0 Å². The molecule has 0 unspecified atom stereocenters. The van der Waals surface area contributed by atoms with Gasteiger partial charge < -0.3 is 15.5 Å². The van der Waals surface area contributed by atoms with Crippen molar-refractivity contribution in [2.24, 2.45) is 0 Å². The SMILES string of the molecule is CC#CC(=O)N[C@@H](CCO)C(=O)O. The van der Waals surface area contributed by atoms with Crippen molar-refractivity contribution in [3.8, 4) is 11.8 Å². The maximum atomic E-state index is 10.8. The Labute approximate surface area is 75.8 Å². The molecule has 0 fully saturated rings. The molecular weight excluding hydrogens is 174 g/mol. The quantitative estimate of drug-likeness (QED) is 0.488. The molecule has 13 heavy (non-hydrogen) atoms. The first-order valence-electron chi connectivity index (χ1n) is 3.68. The Balaban J connectivity index is 4.14. The van der Waals surface area contributed by atoms with Gasteiger partial charge >= 0.3 is 5.97 Å². The number of hydrogen-bond acceptors (Lipinski definition) is 3. The van der Waals surface area contributed by atoms with Crippen LogP contribution in [0.2, 0.25) is 0 Å². The van der Waals surface area contributed by atoms with Crippen molar-refractivity contribution >= 4 is 11.9 Å². The Morgan fingerprint density at radius 1 is 1.54 bits per heavy atom. The number of rotatable bonds is 4. The van der Waals surface area contributed by atoms with E-state index < -0.39 is 17.9 Å². The van der Waals surface area contributed by atoms with Crippen LogP contribution in [0, 0.1) is 11.8 Å². The molecule has 0 aliphatic carbocycles. The molecule has 3 N–H and O–H groups in total. The maximum absolute atomic E-state index is 10.8. The van der Waals surface area contributed by atoms with Gasteiger partial charge in [0.05, 0.1) is 0 Å². The normalized spacial score (nSPS) is 10.9. The number of aliphatic hydroxyl groups excluding tert-OH is 1. The Morgan fingerprint density at radius 2 is 2.15 bits per heavy atom. The lowest BCUT2D eigenvalue weighted by molar-refractivity contribution is -0.141. The average molecular weight is 185 g/mol. The number of aliphatic hydroxyl groups is 1. The minimum Gasteiger partial charge on any atom is -0.480 e. The summed E-state index contributed by atoms with van der Waals surface area (Å²) in [7, 11) is 0. The van der Waals surface area contributed by atoms with Gasteiger partial charge in [-0.15, -0.1) is 0 Å². The molecule has 0 saturated carbocycles. The summed E-state index contributed by atoms with van der Waals surface area (Å²) >= 11 is 0. The summed E-state index contributed by atoms with van der Waals surface area (Å²) in [6, 6.07) is -1.07. The highest BCUT2D eigenvalue weighted by molar-refractivity contribution is 5.95. The fourth-order valence-electron chi connectivity index (χ4n) is 0.694. The second-order valence-electron chi connectivity index (χ2n) is 2.25. The Bertz CT molecular complexity index is 251. The third-order valence-corrected chi connectivity index (χ3v) is 1.26. The zero-order valence-electron chi connectivity index (χ0n) is 7.20. The van der Waals surface area contributed by atoms with Gasteiger partial charge in [-0.05, 0) is 12.8 Å². The highest BCUT2D eigenvalue weighted by Gasteiger charge is 2.17. The standard InChI is InChI=1S/C8H11NO4/c1-2-3-7(11)9-6(4-5-10)8(12)13/h6,10H,4-5H2,1H3,(H,9,11)(H,12,13)/t6-/m0/s1. The molecule has 72 valence electrons. The van der Waals surface area contributed by atoms with Crippen LogP contribution in [-0.2, 0) is 9.59 Å². The van der Waals surface area contributed by atoms with Crippen molar-refractivity contribution < 1.29 is 19.8 Å². The van der Waals surface area contributed by atoms with Crippen LogP contribution in [0.15, 0.2) is 0 Å². The number of carboxylic acid groups (broad SMARTS) is 1. The molecule has 0 aliphatic heterocycles. The van der Waals surface area contributed by atoms with Crippen LogP contribution in [0.3, 0.4) is 0 Å². The van der Waals surface area contributed by atoms with E-state index in [4.69, 9.17) is 10.2 Å². The minimum atomic E-state index is -1.18. The first-order chi connectivity index (χ1) is 6.11. The molecule has 0 saturated heterocycles. The number of carboxylic acids is 1. The van der Waals surface area contributed by atoms with Gasteiger partial charge in [0.25, 0.3) is 5.91 Å². The van der Waals surface area contributed by atoms with E-state index in [-0.39, 0.29) is 13.0 Å². The second kappa shape index (κ2) is 6.03. The van der Waals surface area contributed by atoms with Gasteiger partial charge in [-0.1, -0.05) is 5.92 Å². The lowest BCUT2D eigenvalue weighted by Gasteiger charge is -2.09. The number of hydrogen-bond donors (Lipinski definition) is 3. The fourth-order valence-corrected chi connectivity index (χ4v) is 0.694. The van der Waals surface area contributed by atoms with Gasteiger partial charge in [-0.3, -0.25) is 4.79 Å². The maximum Gasteiger partial charge on any atom is 0.326 e. The van der Waals surface area contributed by atoms with Gasteiger partial charge in [0.2, 0.25) is 0 Å². The van der Waals surface area contributed by atoms with Crippen LogP contribution in [0.1, 0.15) is 13.3 Å². The first kappa shape index (κ1) is 11.5. The first-order valence-corrected chi connectivity index (χ1v) is 3.68. The van der Waals surface area contributed by atoms with Crippen molar-refractivity contribution in [3.05, 3.63) is 0 Å². The highest BCUT2D eigenvalue weighted by Crippen LogP contribution is 1.90. The van der Waals surface area contributed by atoms with Crippen LogP contribution in [0.25, 0.3) is 0 Å². The van der Waals surface area contributed by atoms with E-state index in [1.807, 2.05) is 0 Å². The fraction of sp³-hybridized carbons (Fsp3) is 0.500. The number of amides is 1. The molecule has 0 rings (SSSR count). The van der Waals surface area contributed by atoms with E-state index in [1.54, 1.807) is 0 Å². The molecule has 0 aromatic heterocycles. The van der Waals surface area contributed by atoms with Crippen molar-refractivity contribution in [2.75, 3.05) is 6.61 Å². The zero-order valence-corrected chi connectivity index (χ0v) is 7.20. The topological polar surface area (TPSA) is 86.6 Å². The van der Waals surface area contributed by atoms with E-state index in [1.165, 1.54) is 6.92 Å². The van der Waals surface area contributed by atoms with Gasteiger partial charge in [0.1, 0.15) is 6.04 Å². The molecule has 1 amide bonds. The third-order valence-electron chi connectivity index (χ3n) is 1.26. The smallest absolute Gasteiger partial charge is 0.326 e. The Morgan fingerprint density at radius 3 is 2.54 bits per heavy atom. The van der Waals surface area contributed by atoms with Crippen molar-refractivity contribution in [3.63, 3.8) is 0 Å². The summed E-state index contributed by atoms with van der Waals surface area (Å²) in [6.07, 6.45) is -0.0214. The van der Waals surface area contributed by atoms with Crippen LogP contribution in [0.5, 0.6) is 0 Å². The average Bonchev–Trinajstić information content (AvgIpc) is 2.04. The van der Waals surface area contributed by atoms with E-state index in [0.29, 0.717) is 0 Å². The predicted octanol–water partition coefficient (Wildman–Crippen LogP) is -1.04. The summed E-state index contributed by atoms with van der Waals surface area (Å²) in [5.41, 5.74) is 0. The molecule has 0 aromatic carbocycles. The molecule has 1 atom stereocenters. The molecule has 5 nitrogen and oxygen atoms in total. The van der Waals surface area contributed by atoms with Crippen LogP contribution >= 0.6 is 0 Å². The molecule has 0 aromatic rings. The molecule has 0 spiro atoms. The number of aliphatic carboxylic acids is 1. The van der Waals surface area contributed by atoms with Gasteiger partial charge in [-0.2, -0.15) is 0 Å². The summed E-state index contributed by atoms with van der Waals surface area (Å²) in [4.78, 5) is 21.3. The van der Waals surface area contributed by atoms with Crippen LogP contribution < -0.4 is 5.32 Å². The largest absolute Gasteiger partial charge is 0.480 e. The predicted molar refractivity (Wildman–Crippen MR) is 44.7 cm³/mol. The minimum absolute atomic E-state index is 0.0214. The van der Waals surface area contributed by atoms with Gasteiger partial charge in [0, 0.05) is 13.0 Å². The highest BCUT2D eigenvalue weighted by atomic mass is 16.4. The van der Waals surface area contributed by atoms with Gasteiger partial charge in [-0.25, -0.2) is 4.79 Å². The third kappa shape index (κ3) is 4.82. The molecular formula is C8H11NO4. The lowest BCUT2D eigenvalue weighted by Crippen LogP contribution is -2.40. The van der Waals surface area contributed by atoms with E-state index >= 15 is 0 Å². The van der Waals surface area contributed by atoms with E-state index in [2.05, 4.69) is 17.2 Å². The van der Waals surface area contributed by atoms with Crippen molar-refractivity contribution in [1.29, 1.82) is 0 Å².